The van der Waals surface area contributed by atoms with Gasteiger partial charge in [0.1, 0.15) is 5.82 Å². The third kappa shape index (κ3) is 3.63. The molecule has 0 bridgehead atoms. The van der Waals surface area contributed by atoms with Crippen molar-refractivity contribution in [2.24, 2.45) is 0 Å². The van der Waals surface area contributed by atoms with E-state index in [0.29, 0.717) is 6.42 Å². The Morgan fingerprint density at radius 3 is 2.76 bits per heavy atom. The number of halogens is 1. The predicted molar refractivity (Wildman–Crippen MR) is 65.4 cm³/mol. The van der Waals surface area contributed by atoms with Gasteiger partial charge < -0.3 is 5.32 Å². The van der Waals surface area contributed by atoms with E-state index >= 15 is 0 Å². The van der Waals surface area contributed by atoms with Crippen LogP contribution < -0.4 is 5.32 Å². The van der Waals surface area contributed by atoms with Gasteiger partial charge in [-0.15, -0.1) is 0 Å². The Hall–Kier alpha value is -1.22. The quantitative estimate of drug-likeness (QED) is 0.872. The van der Waals surface area contributed by atoms with Crippen LogP contribution in [0.3, 0.4) is 0 Å². The average Bonchev–Trinajstić information content (AvgIpc) is 2.61. The predicted octanol–water partition coefficient (Wildman–Crippen LogP) is 2.47. The van der Waals surface area contributed by atoms with Crippen LogP contribution in [-0.4, -0.2) is 18.4 Å². The van der Waals surface area contributed by atoms with Crippen molar-refractivity contribution in [1.82, 2.24) is 5.32 Å². The molecule has 1 unspecified atom stereocenters. The summed E-state index contributed by atoms with van der Waals surface area (Å²) in [5, 5.41) is 3.29. The molecule has 1 fully saturated rings. The zero-order chi connectivity index (χ0) is 12.1. The van der Waals surface area contributed by atoms with Crippen molar-refractivity contribution in [1.29, 1.82) is 0 Å². The lowest BCUT2D eigenvalue weighted by molar-refractivity contribution is -0.120. The Labute approximate surface area is 101 Å². The van der Waals surface area contributed by atoms with Crippen molar-refractivity contribution in [3.8, 4) is 0 Å². The van der Waals surface area contributed by atoms with Gasteiger partial charge in [0.15, 0.2) is 5.78 Å². The molecular weight excluding hydrogens is 217 g/mol. The minimum Gasteiger partial charge on any atom is -0.307 e. The third-order valence-electron chi connectivity index (χ3n) is 3.24. The van der Waals surface area contributed by atoms with Crippen LogP contribution in [0.1, 0.15) is 31.2 Å². The van der Waals surface area contributed by atoms with Gasteiger partial charge in [0, 0.05) is 6.42 Å². The minimum atomic E-state index is -0.256. The second-order valence-corrected chi connectivity index (χ2v) is 4.63. The molecule has 1 aromatic rings. The Morgan fingerprint density at radius 2 is 2.00 bits per heavy atom. The van der Waals surface area contributed by atoms with Crippen LogP contribution >= 0.6 is 0 Å². The Bertz CT molecular complexity index is 366. The fourth-order valence-corrected chi connectivity index (χ4v) is 2.23. The summed E-state index contributed by atoms with van der Waals surface area (Å²) < 4.78 is 12.7. The lowest BCUT2D eigenvalue weighted by Gasteiger charge is -2.14. The normalized spacial score (nSPS) is 20.9. The summed E-state index contributed by atoms with van der Waals surface area (Å²) in [5.74, 6) is -0.0349. The topological polar surface area (TPSA) is 29.1 Å². The number of Topliss-reactive ketones (excluding diaryl/α,β-unsaturated/α-hetero) is 1. The van der Waals surface area contributed by atoms with Crippen molar-refractivity contribution in [2.75, 3.05) is 6.54 Å². The maximum absolute atomic E-state index is 12.7. The molecule has 1 saturated heterocycles. The zero-order valence-electron chi connectivity index (χ0n) is 9.92. The number of benzene rings is 1. The van der Waals surface area contributed by atoms with Crippen LogP contribution in [0.4, 0.5) is 4.39 Å². The summed E-state index contributed by atoms with van der Waals surface area (Å²) in [6, 6.07) is 6.17. The second-order valence-electron chi connectivity index (χ2n) is 4.63. The van der Waals surface area contributed by atoms with Gasteiger partial charge in [-0.1, -0.05) is 25.0 Å². The number of ketones is 1. The van der Waals surface area contributed by atoms with Crippen LogP contribution in [0.5, 0.6) is 0 Å². The molecule has 1 heterocycles. The first kappa shape index (κ1) is 12.2. The lowest BCUT2D eigenvalue weighted by Crippen LogP contribution is -2.36. The summed E-state index contributed by atoms with van der Waals surface area (Å²) in [7, 11) is 0. The Balaban J connectivity index is 1.93. The molecule has 0 amide bonds. The van der Waals surface area contributed by atoms with Gasteiger partial charge in [-0.3, -0.25) is 4.79 Å². The standard InChI is InChI=1S/C14H18FNO/c15-12-7-5-11(6-8-12)10-14(17)13-4-2-1-3-9-16-13/h5-8,13,16H,1-4,9-10H2. The molecule has 92 valence electrons. The molecule has 0 radical (unpaired) electrons. The van der Waals surface area contributed by atoms with Crippen LogP contribution in [0.2, 0.25) is 0 Å². The molecule has 1 aliphatic rings. The summed E-state index contributed by atoms with van der Waals surface area (Å²) >= 11 is 0. The fraction of sp³-hybridized carbons (Fsp3) is 0.500. The first-order valence-corrected chi connectivity index (χ1v) is 6.26. The first-order valence-electron chi connectivity index (χ1n) is 6.26. The summed E-state index contributed by atoms with van der Waals surface area (Å²) in [5.41, 5.74) is 0.891. The SMILES string of the molecule is O=C(Cc1ccc(F)cc1)C1CCCCCN1. The van der Waals surface area contributed by atoms with E-state index in [2.05, 4.69) is 5.32 Å². The van der Waals surface area contributed by atoms with Gasteiger partial charge in [0.25, 0.3) is 0 Å². The lowest BCUT2D eigenvalue weighted by atomic mass is 10.0. The van der Waals surface area contributed by atoms with E-state index in [1.807, 2.05) is 0 Å². The molecule has 0 saturated carbocycles. The van der Waals surface area contributed by atoms with Gasteiger partial charge in [-0.2, -0.15) is 0 Å². The number of carbonyl (C=O) groups is 1. The molecule has 0 aromatic heterocycles. The van der Waals surface area contributed by atoms with E-state index in [0.717, 1.165) is 31.4 Å². The highest BCUT2D eigenvalue weighted by atomic mass is 19.1. The van der Waals surface area contributed by atoms with Crippen molar-refractivity contribution in [2.45, 2.75) is 38.1 Å². The highest BCUT2D eigenvalue weighted by Crippen LogP contribution is 2.12. The van der Waals surface area contributed by atoms with E-state index in [1.165, 1.54) is 18.6 Å². The minimum absolute atomic E-state index is 0.0115. The van der Waals surface area contributed by atoms with Gasteiger partial charge in [0.05, 0.1) is 6.04 Å². The number of nitrogens with one attached hydrogen (secondary N) is 1. The van der Waals surface area contributed by atoms with Crippen LogP contribution in [-0.2, 0) is 11.2 Å². The molecule has 3 heteroatoms. The van der Waals surface area contributed by atoms with Crippen molar-refractivity contribution in [3.63, 3.8) is 0 Å². The Kier molecular flexibility index (Phi) is 4.26. The monoisotopic (exact) mass is 235 g/mol. The van der Waals surface area contributed by atoms with Crippen molar-refractivity contribution < 1.29 is 9.18 Å². The van der Waals surface area contributed by atoms with Gasteiger partial charge in [-0.05, 0) is 37.1 Å². The van der Waals surface area contributed by atoms with E-state index in [-0.39, 0.29) is 17.6 Å². The molecule has 2 rings (SSSR count). The average molecular weight is 235 g/mol. The second kappa shape index (κ2) is 5.92. The maximum Gasteiger partial charge on any atom is 0.154 e. The van der Waals surface area contributed by atoms with Crippen molar-refractivity contribution in [3.05, 3.63) is 35.6 Å². The first-order chi connectivity index (χ1) is 8.25. The van der Waals surface area contributed by atoms with Crippen molar-refractivity contribution >= 4 is 5.78 Å². The smallest absolute Gasteiger partial charge is 0.154 e. The van der Waals surface area contributed by atoms with Gasteiger partial charge in [0.2, 0.25) is 0 Å². The summed E-state index contributed by atoms with van der Waals surface area (Å²) in [6.45, 7) is 0.930. The molecule has 2 nitrogen and oxygen atoms in total. The molecule has 0 spiro atoms. The van der Waals surface area contributed by atoms with E-state index in [1.54, 1.807) is 12.1 Å². The van der Waals surface area contributed by atoms with E-state index < -0.39 is 0 Å². The molecule has 1 atom stereocenters. The maximum atomic E-state index is 12.7. The number of hydrogen-bond acceptors (Lipinski definition) is 2. The Morgan fingerprint density at radius 1 is 1.24 bits per heavy atom. The number of rotatable bonds is 3. The van der Waals surface area contributed by atoms with Crippen LogP contribution in [0.25, 0.3) is 0 Å². The molecule has 17 heavy (non-hydrogen) atoms. The highest BCUT2D eigenvalue weighted by Gasteiger charge is 2.19. The molecule has 1 aliphatic heterocycles. The fourth-order valence-electron chi connectivity index (χ4n) is 2.23. The van der Waals surface area contributed by atoms with Crippen LogP contribution in [0, 0.1) is 5.82 Å². The number of carbonyl (C=O) groups excluding carboxylic acids is 1. The zero-order valence-corrected chi connectivity index (χ0v) is 9.92. The molecular formula is C14H18FNO. The molecule has 0 aliphatic carbocycles. The molecule has 1 N–H and O–H groups in total. The van der Waals surface area contributed by atoms with E-state index in [4.69, 9.17) is 0 Å². The van der Waals surface area contributed by atoms with Gasteiger partial charge >= 0.3 is 0 Å². The third-order valence-corrected chi connectivity index (χ3v) is 3.24. The number of hydrogen-bond donors (Lipinski definition) is 1. The van der Waals surface area contributed by atoms with E-state index in [9.17, 15) is 9.18 Å². The summed E-state index contributed by atoms with van der Waals surface area (Å²) in [6.07, 6.45) is 4.80. The largest absolute Gasteiger partial charge is 0.307 e. The van der Waals surface area contributed by atoms with Gasteiger partial charge in [-0.25, -0.2) is 4.39 Å². The molecule has 1 aromatic carbocycles. The summed E-state index contributed by atoms with van der Waals surface area (Å²) in [4.78, 5) is 12.0. The van der Waals surface area contributed by atoms with Crippen LogP contribution in [0.15, 0.2) is 24.3 Å². The highest BCUT2D eigenvalue weighted by molar-refractivity contribution is 5.86.